The van der Waals surface area contributed by atoms with Crippen molar-refractivity contribution in [1.82, 2.24) is 48.2 Å². The molecule has 46 heteroatoms. The quantitative estimate of drug-likeness (QED) is 0.0287. The maximum absolute atomic E-state index is 13.9. The standard InChI is InChI=1S/C37H48N14O28P4/c38-16-1-4-48(35(58)43-16)30-21(53)20(52)12(73-30)8-70-81(63,64)78-26-14(75-31(22(26)54)49-5-2-17(39)44-36(49)59)10-72-83(67,68)79-27-15(76-32(23(27)55)50-6-3-18(40)45-37(50)60)9-71-82(65,66)77-25-13(7-69-80(61)62)74-33(24(25)56)51-11-42-19-28(51)46-34(41)47-29(19)57/h1-6,11-15,20-27,30-33,52-56H,7-10H2,(H12-,38,39,40,41,43,44,45,46,47,57,58,59,60,61,62,63,64,65,66,67,68)/p+1/t12-,13-,14-,15-,20-,21-,22-,23-,24-,25-,26-,27-,30-,31-,32-,33-/m1/s1. The highest BCUT2D eigenvalue weighted by molar-refractivity contribution is 7.48. The van der Waals surface area contributed by atoms with Crippen molar-refractivity contribution in [2.24, 2.45) is 0 Å². The van der Waals surface area contributed by atoms with Crippen LogP contribution in [0.5, 0.6) is 0 Å². The van der Waals surface area contributed by atoms with Crippen LogP contribution in [0, 0.1) is 0 Å². The third-order valence-corrected chi connectivity index (χ3v) is 16.0. The summed E-state index contributed by atoms with van der Waals surface area (Å²) in [4.78, 5) is 114. The number of hydrogen-bond donors (Lipinski definition) is 14. The number of rotatable bonds is 22. The highest BCUT2D eigenvalue weighted by atomic mass is 31.2. The predicted molar refractivity (Wildman–Crippen MR) is 265 cm³/mol. The SMILES string of the molecule is Nc1ccn([C@@H]2O[C@H](COP(=O)(O)O[C@H]3[C@@H](O)[C@H](n4ccc(N)nc4=O)O[C@@H]3COP(=O)(O)O[C@H]3[C@@H](O)[C@H](n4ccc(N)nc4=O)O[C@@H]3COP(=O)(O)O[C@H]3[C@@H](O)[C@H](n4cnc5c(=O)[nH]c(N)nc54)O[C@@H]3CO[P+](=O)O)[C@@H](O)[C@H]2O)c(=O)n1. The Morgan fingerprint density at radius 1 is 0.542 bits per heavy atom. The van der Waals surface area contributed by atoms with E-state index in [1.165, 1.54) is 6.07 Å². The van der Waals surface area contributed by atoms with Gasteiger partial charge < -0.3 is 82.1 Å². The minimum Gasteiger partial charge on any atom is -0.387 e. The molecule has 4 unspecified atom stereocenters. The van der Waals surface area contributed by atoms with Gasteiger partial charge in [0.2, 0.25) is 5.95 Å². The average Bonchev–Trinajstić information content (AvgIpc) is 2.75. The second-order valence-corrected chi connectivity index (χ2v) is 23.1. The Balaban J connectivity index is 0.916. The average molecular weight is 1260 g/mol. The molecule has 0 spiro atoms. The highest BCUT2D eigenvalue weighted by Crippen LogP contribution is 2.54. The number of nitrogens with zero attached hydrogens (tertiary/aromatic N) is 9. The summed E-state index contributed by atoms with van der Waals surface area (Å²) in [6.07, 6.45) is -27.2. The van der Waals surface area contributed by atoms with Crippen LogP contribution < -0.4 is 45.6 Å². The molecule has 20 atom stereocenters. The summed E-state index contributed by atoms with van der Waals surface area (Å²) in [5, 5.41) is 55.7. The molecule has 454 valence electrons. The Kier molecular flexibility index (Phi) is 18.1. The number of phosphoric acid groups is 3. The Bertz CT molecular complexity index is 3630. The zero-order valence-electron chi connectivity index (χ0n) is 41.5. The van der Waals surface area contributed by atoms with Gasteiger partial charge in [0.1, 0.15) is 97.3 Å². The van der Waals surface area contributed by atoms with E-state index in [0.29, 0.717) is 9.13 Å². The first-order chi connectivity index (χ1) is 39.0. The number of nitrogen functional groups attached to an aromatic ring is 4. The number of fused-ring (bicyclic) bond motifs is 1. The molecule has 4 fully saturated rings. The summed E-state index contributed by atoms with van der Waals surface area (Å²) < 4.78 is 114. The topological polar surface area (TPSA) is 624 Å². The number of aliphatic hydroxyl groups excluding tert-OH is 5. The van der Waals surface area contributed by atoms with Crippen LogP contribution in [-0.4, -0.2) is 193 Å². The van der Waals surface area contributed by atoms with Crippen LogP contribution in [0.3, 0.4) is 0 Å². The zero-order valence-corrected chi connectivity index (χ0v) is 45.1. The molecule has 18 N–H and O–H groups in total. The lowest BCUT2D eigenvalue weighted by atomic mass is 10.1. The number of ether oxygens (including phenoxy) is 4. The first-order valence-electron chi connectivity index (χ1n) is 23.5. The number of aliphatic hydroxyl groups is 5. The fourth-order valence-electron chi connectivity index (χ4n) is 8.92. The molecule has 5 aromatic heterocycles. The van der Waals surface area contributed by atoms with Crippen molar-refractivity contribution in [3.05, 3.63) is 84.9 Å². The van der Waals surface area contributed by atoms with Crippen molar-refractivity contribution >= 4 is 66.3 Å². The van der Waals surface area contributed by atoms with Crippen LogP contribution in [0.1, 0.15) is 24.9 Å². The van der Waals surface area contributed by atoms with Gasteiger partial charge in [-0.3, -0.25) is 55.2 Å². The monoisotopic (exact) mass is 1260 g/mol. The molecule has 0 amide bonds. The smallest absolute Gasteiger partial charge is 0.387 e. The fourth-order valence-corrected chi connectivity index (χ4v) is 12.1. The van der Waals surface area contributed by atoms with Gasteiger partial charge in [0.25, 0.3) is 5.56 Å². The second kappa shape index (κ2) is 24.3. The molecule has 83 heavy (non-hydrogen) atoms. The number of phosphoric ester groups is 3. The van der Waals surface area contributed by atoms with Crippen molar-refractivity contribution in [3.8, 4) is 0 Å². The number of nitrogens with two attached hydrogens (primary N) is 4. The lowest BCUT2D eigenvalue weighted by molar-refractivity contribution is -0.0654. The molecule has 9 heterocycles. The van der Waals surface area contributed by atoms with Gasteiger partial charge in [0.05, 0.1) is 26.1 Å². The van der Waals surface area contributed by atoms with Crippen LogP contribution >= 0.6 is 31.7 Å². The van der Waals surface area contributed by atoms with E-state index in [4.69, 9.17) is 73.5 Å². The zero-order chi connectivity index (χ0) is 60.2. The molecule has 0 radical (unpaired) electrons. The van der Waals surface area contributed by atoms with E-state index in [-0.39, 0.29) is 28.6 Å². The van der Waals surface area contributed by atoms with Crippen molar-refractivity contribution < 1.29 is 114 Å². The van der Waals surface area contributed by atoms with E-state index in [2.05, 4.69) is 29.9 Å². The number of H-pyrrole nitrogens is 1. The van der Waals surface area contributed by atoms with Gasteiger partial charge in [-0.25, -0.2) is 33.1 Å². The van der Waals surface area contributed by atoms with Gasteiger partial charge in [-0.2, -0.15) is 19.9 Å². The Labute approximate surface area is 460 Å². The van der Waals surface area contributed by atoms with Crippen LogP contribution in [0.4, 0.5) is 23.4 Å². The summed E-state index contributed by atoms with van der Waals surface area (Å²) in [5.41, 5.74) is 17.7. The Morgan fingerprint density at radius 2 is 0.904 bits per heavy atom. The molecule has 0 bridgehead atoms. The normalized spacial score (nSPS) is 32.4. The number of nitrogens with one attached hydrogen (secondary N) is 1. The third kappa shape index (κ3) is 13.5. The van der Waals surface area contributed by atoms with Crippen molar-refractivity contribution in [1.29, 1.82) is 0 Å². The van der Waals surface area contributed by atoms with Crippen LogP contribution in [0.15, 0.2) is 62.3 Å². The molecule has 4 aliphatic heterocycles. The van der Waals surface area contributed by atoms with Crippen LogP contribution in [0.25, 0.3) is 11.2 Å². The fraction of sp³-hybridized carbons (Fsp3) is 0.541. The van der Waals surface area contributed by atoms with Gasteiger partial charge in [-0.05, 0) is 18.2 Å². The molecule has 0 aliphatic carbocycles. The van der Waals surface area contributed by atoms with E-state index in [1.54, 1.807) is 0 Å². The number of aromatic nitrogens is 10. The summed E-state index contributed by atoms with van der Waals surface area (Å²) in [6, 6.07) is 3.32. The van der Waals surface area contributed by atoms with Crippen molar-refractivity contribution in [2.45, 2.75) is 98.2 Å². The van der Waals surface area contributed by atoms with Crippen molar-refractivity contribution in [3.63, 3.8) is 0 Å². The lowest BCUT2D eigenvalue weighted by Crippen LogP contribution is -2.39. The Morgan fingerprint density at radius 3 is 1.30 bits per heavy atom. The maximum Gasteiger partial charge on any atom is 0.694 e. The molecule has 42 nitrogen and oxygen atoms in total. The molecule has 4 aliphatic rings. The summed E-state index contributed by atoms with van der Waals surface area (Å²) in [7, 11) is -20.3. The highest BCUT2D eigenvalue weighted by Gasteiger charge is 2.55. The number of imidazole rings is 1. The molecule has 4 saturated heterocycles. The molecular weight excluding hydrogens is 1210 g/mol. The van der Waals surface area contributed by atoms with Crippen LogP contribution in [-0.2, 0) is 68.9 Å². The van der Waals surface area contributed by atoms with Gasteiger partial charge >= 0.3 is 48.8 Å². The van der Waals surface area contributed by atoms with Crippen LogP contribution in [0.2, 0.25) is 0 Å². The second-order valence-electron chi connectivity index (χ2n) is 18.2. The van der Waals surface area contributed by atoms with E-state index < -0.39 is 185 Å². The minimum atomic E-state index is -5.78. The van der Waals surface area contributed by atoms with Gasteiger partial charge in [0.15, 0.2) is 36.1 Å². The molecule has 9 rings (SSSR count). The van der Waals surface area contributed by atoms with E-state index in [1.807, 2.05) is 0 Å². The summed E-state index contributed by atoms with van der Waals surface area (Å²) in [6.45, 7) is -4.56. The van der Waals surface area contributed by atoms with E-state index >= 15 is 0 Å². The molecule has 0 aromatic carbocycles. The predicted octanol–water partition coefficient (Wildman–Crippen LogP) is -6.21. The van der Waals surface area contributed by atoms with Gasteiger partial charge in [0, 0.05) is 23.2 Å². The van der Waals surface area contributed by atoms with Crippen molar-refractivity contribution in [2.75, 3.05) is 49.4 Å². The van der Waals surface area contributed by atoms with Gasteiger partial charge in [-0.1, -0.05) is 0 Å². The summed E-state index contributed by atoms with van der Waals surface area (Å²) in [5.74, 6) is -1.19. The first-order valence-corrected chi connectivity index (χ1v) is 29.2. The minimum absolute atomic E-state index is 0.189. The summed E-state index contributed by atoms with van der Waals surface area (Å²) >= 11 is 0. The third-order valence-electron chi connectivity index (χ3n) is 12.7. The number of hydrogen-bond acceptors (Lipinski definition) is 33. The lowest BCUT2D eigenvalue weighted by Gasteiger charge is -2.26. The van der Waals surface area contributed by atoms with E-state index in [0.717, 1.165) is 46.2 Å². The van der Waals surface area contributed by atoms with E-state index in [9.17, 15) is 82.5 Å². The first kappa shape index (κ1) is 61.7. The number of anilines is 4. The number of aromatic amines is 1. The van der Waals surface area contributed by atoms with Gasteiger partial charge in [-0.15, -0.1) is 9.42 Å². The maximum atomic E-state index is 13.9. The molecule has 0 saturated carbocycles. The Hall–Kier alpha value is -5.82. The molecule has 5 aromatic rings. The largest absolute Gasteiger partial charge is 0.694 e. The molecular formula is C37H49N14O28P4+.